The van der Waals surface area contributed by atoms with Gasteiger partial charge < -0.3 is 19.3 Å². The molecule has 0 spiro atoms. The summed E-state index contributed by atoms with van der Waals surface area (Å²) in [4.78, 5) is 16.4. The SMILES string of the molecule is COc1ccc(-c2noc(CS(=O)(=O)CC(=O)NC3CCCCCC3)n2)cc1OC. The Balaban J connectivity index is 1.62. The second kappa shape index (κ2) is 9.92. The Labute approximate surface area is 176 Å². The zero-order valence-corrected chi connectivity index (χ0v) is 18.0. The number of rotatable bonds is 8. The largest absolute Gasteiger partial charge is 0.493 e. The third kappa shape index (κ3) is 5.94. The highest BCUT2D eigenvalue weighted by atomic mass is 32.2. The number of carbonyl (C=O) groups is 1. The first-order valence-electron chi connectivity index (χ1n) is 9.95. The average Bonchev–Trinajstić information content (AvgIpc) is 3.01. The van der Waals surface area contributed by atoms with Crippen molar-refractivity contribution >= 4 is 15.7 Å². The first-order chi connectivity index (χ1) is 14.4. The molecule has 1 aromatic heterocycles. The Hall–Kier alpha value is -2.62. The van der Waals surface area contributed by atoms with Crippen LogP contribution in [0.4, 0.5) is 0 Å². The topological polar surface area (TPSA) is 121 Å². The van der Waals surface area contributed by atoms with E-state index in [1.54, 1.807) is 18.2 Å². The number of benzene rings is 1. The van der Waals surface area contributed by atoms with Gasteiger partial charge in [-0.3, -0.25) is 4.79 Å². The van der Waals surface area contributed by atoms with Crippen LogP contribution in [0.3, 0.4) is 0 Å². The van der Waals surface area contributed by atoms with Gasteiger partial charge in [-0.25, -0.2) is 8.42 Å². The van der Waals surface area contributed by atoms with Crippen molar-refractivity contribution < 1.29 is 27.2 Å². The number of sulfone groups is 1. The number of ether oxygens (including phenoxy) is 2. The molecular weight excluding hydrogens is 410 g/mol. The summed E-state index contributed by atoms with van der Waals surface area (Å²) in [5.74, 6) is -0.382. The van der Waals surface area contributed by atoms with Gasteiger partial charge in [-0.05, 0) is 31.0 Å². The molecule has 1 amide bonds. The molecule has 10 heteroatoms. The number of nitrogens with one attached hydrogen (secondary N) is 1. The van der Waals surface area contributed by atoms with Crippen molar-refractivity contribution in [2.45, 2.75) is 50.3 Å². The highest BCUT2D eigenvalue weighted by Crippen LogP contribution is 2.31. The van der Waals surface area contributed by atoms with Crippen molar-refractivity contribution in [2.75, 3.05) is 20.0 Å². The molecule has 1 heterocycles. The predicted octanol–water partition coefficient (Wildman–Crippen LogP) is 2.51. The zero-order valence-electron chi connectivity index (χ0n) is 17.2. The molecule has 9 nitrogen and oxygen atoms in total. The van der Waals surface area contributed by atoms with Gasteiger partial charge in [0.05, 0.1) is 14.2 Å². The first kappa shape index (κ1) is 22.1. The molecule has 3 rings (SSSR count). The fraction of sp³-hybridized carbons (Fsp3) is 0.550. The number of hydrogen-bond acceptors (Lipinski definition) is 8. The number of nitrogens with zero attached hydrogens (tertiary/aromatic N) is 2. The van der Waals surface area contributed by atoms with Gasteiger partial charge in [0.15, 0.2) is 21.3 Å². The van der Waals surface area contributed by atoms with Crippen molar-refractivity contribution in [2.24, 2.45) is 0 Å². The maximum absolute atomic E-state index is 12.4. The van der Waals surface area contributed by atoms with E-state index in [1.165, 1.54) is 14.2 Å². The Morgan fingerprint density at radius 2 is 1.83 bits per heavy atom. The molecule has 30 heavy (non-hydrogen) atoms. The van der Waals surface area contributed by atoms with E-state index in [-0.39, 0.29) is 17.8 Å². The van der Waals surface area contributed by atoms with Crippen LogP contribution >= 0.6 is 0 Å². The Morgan fingerprint density at radius 3 is 2.50 bits per heavy atom. The van der Waals surface area contributed by atoms with Gasteiger partial charge in [0.25, 0.3) is 0 Å². The number of aromatic nitrogens is 2. The van der Waals surface area contributed by atoms with Gasteiger partial charge >= 0.3 is 0 Å². The lowest BCUT2D eigenvalue weighted by molar-refractivity contribution is -0.119. The van der Waals surface area contributed by atoms with Crippen molar-refractivity contribution in [3.63, 3.8) is 0 Å². The van der Waals surface area contributed by atoms with Crippen molar-refractivity contribution in [1.29, 1.82) is 0 Å². The maximum Gasteiger partial charge on any atom is 0.242 e. The van der Waals surface area contributed by atoms with Crippen LogP contribution in [0.1, 0.15) is 44.4 Å². The van der Waals surface area contributed by atoms with Gasteiger partial charge in [0.1, 0.15) is 11.5 Å². The molecule has 1 aliphatic carbocycles. The molecule has 1 fully saturated rings. The van der Waals surface area contributed by atoms with Crippen LogP contribution in [0.2, 0.25) is 0 Å². The summed E-state index contributed by atoms with van der Waals surface area (Å²) in [5.41, 5.74) is 0.589. The number of carbonyl (C=O) groups excluding carboxylic acids is 1. The molecule has 0 atom stereocenters. The summed E-state index contributed by atoms with van der Waals surface area (Å²) in [5, 5.41) is 6.68. The molecule has 1 saturated carbocycles. The minimum Gasteiger partial charge on any atom is -0.493 e. The van der Waals surface area contributed by atoms with Gasteiger partial charge in [-0.2, -0.15) is 4.98 Å². The monoisotopic (exact) mass is 437 g/mol. The average molecular weight is 438 g/mol. The fourth-order valence-electron chi connectivity index (χ4n) is 3.54. The van der Waals surface area contributed by atoms with Crippen LogP contribution in [-0.2, 0) is 20.4 Å². The number of methoxy groups -OCH3 is 2. The molecule has 0 radical (unpaired) electrons. The normalized spacial score (nSPS) is 15.4. The second-order valence-corrected chi connectivity index (χ2v) is 9.43. The van der Waals surface area contributed by atoms with Crippen LogP contribution < -0.4 is 14.8 Å². The molecule has 0 bridgehead atoms. The molecule has 1 aromatic carbocycles. The van der Waals surface area contributed by atoms with E-state index in [1.807, 2.05) is 0 Å². The van der Waals surface area contributed by atoms with E-state index in [0.717, 1.165) is 38.5 Å². The van der Waals surface area contributed by atoms with Gasteiger partial charge in [0, 0.05) is 11.6 Å². The molecule has 0 saturated heterocycles. The van der Waals surface area contributed by atoms with E-state index in [9.17, 15) is 13.2 Å². The Bertz CT molecular complexity index is 965. The van der Waals surface area contributed by atoms with Gasteiger partial charge in [-0.1, -0.05) is 30.8 Å². The minimum absolute atomic E-state index is 0.0512. The third-order valence-corrected chi connectivity index (χ3v) is 6.41. The molecule has 2 aromatic rings. The molecule has 0 aliphatic heterocycles. The van der Waals surface area contributed by atoms with Crippen molar-refractivity contribution in [3.8, 4) is 22.9 Å². The summed E-state index contributed by atoms with van der Waals surface area (Å²) in [7, 11) is -0.701. The quantitative estimate of drug-likeness (QED) is 0.626. The molecule has 164 valence electrons. The third-order valence-electron chi connectivity index (χ3n) is 5.02. The summed E-state index contributed by atoms with van der Waals surface area (Å²) in [6.45, 7) is 0. The summed E-state index contributed by atoms with van der Waals surface area (Å²) in [6.07, 6.45) is 6.21. The second-order valence-electron chi connectivity index (χ2n) is 7.37. The van der Waals surface area contributed by atoms with E-state index in [2.05, 4.69) is 15.5 Å². The lowest BCUT2D eigenvalue weighted by atomic mass is 10.1. The molecule has 1 aliphatic rings. The summed E-state index contributed by atoms with van der Waals surface area (Å²) in [6, 6.07) is 5.13. The lowest BCUT2D eigenvalue weighted by Gasteiger charge is -2.15. The molecular formula is C20H27N3O6S. The smallest absolute Gasteiger partial charge is 0.242 e. The summed E-state index contributed by atoms with van der Waals surface area (Å²) < 4.78 is 40.4. The van der Waals surface area contributed by atoms with E-state index in [0.29, 0.717) is 17.1 Å². The molecule has 0 unspecified atom stereocenters. The van der Waals surface area contributed by atoms with Crippen LogP contribution in [0.25, 0.3) is 11.4 Å². The highest BCUT2D eigenvalue weighted by molar-refractivity contribution is 7.91. The number of amides is 1. The molecule has 1 N–H and O–H groups in total. The first-order valence-corrected chi connectivity index (χ1v) is 11.8. The van der Waals surface area contributed by atoms with Crippen LogP contribution in [0, 0.1) is 0 Å². The Kier molecular flexibility index (Phi) is 7.30. The van der Waals surface area contributed by atoms with Gasteiger partial charge in [0.2, 0.25) is 17.6 Å². The van der Waals surface area contributed by atoms with E-state index in [4.69, 9.17) is 14.0 Å². The lowest BCUT2D eigenvalue weighted by Crippen LogP contribution is -2.38. The van der Waals surface area contributed by atoms with Crippen LogP contribution in [0.15, 0.2) is 22.7 Å². The van der Waals surface area contributed by atoms with E-state index >= 15 is 0 Å². The number of hydrogen-bond donors (Lipinski definition) is 1. The van der Waals surface area contributed by atoms with Crippen molar-refractivity contribution in [1.82, 2.24) is 15.5 Å². The summed E-state index contributed by atoms with van der Waals surface area (Å²) >= 11 is 0. The van der Waals surface area contributed by atoms with Crippen LogP contribution in [0.5, 0.6) is 11.5 Å². The Morgan fingerprint density at radius 1 is 1.13 bits per heavy atom. The maximum atomic E-state index is 12.4. The standard InChI is InChI=1S/C20H27N3O6S/c1-27-16-10-9-14(11-17(16)28-2)20-22-19(29-23-20)13-30(25,26)12-18(24)21-15-7-5-3-4-6-8-15/h9-11,15H,3-8,12-13H2,1-2H3,(H,21,24). The highest BCUT2D eigenvalue weighted by Gasteiger charge is 2.23. The van der Waals surface area contributed by atoms with Crippen LogP contribution in [-0.4, -0.2) is 50.5 Å². The van der Waals surface area contributed by atoms with E-state index < -0.39 is 27.3 Å². The predicted molar refractivity (Wildman–Crippen MR) is 110 cm³/mol. The minimum atomic E-state index is -3.74. The van der Waals surface area contributed by atoms with Crippen molar-refractivity contribution in [3.05, 3.63) is 24.1 Å². The van der Waals surface area contributed by atoms with Gasteiger partial charge in [-0.15, -0.1) is 0 Å². The zero-order chi connectivity index (χ0) is 21.6. The fourth-order valence-corrected chi connectivity index (χ4v) is 4.62.